The summed E-state index contributed by atoms with van der Waals surface area (Å²) in [5, 5.41) is 0. The molecule has 0 spiro atoms. The molecule has 0 heterocycles. The molecule has 3 heteroatoms. The van der Waals surface area contributed by atoms with Gasteiger partial charge in [0, 0.05) is 12.0 Å². The van der Waals surface area contributed by atoms with Crippen LogP contribution < -0.4 is 0 Å². The summed E-state index contributed by atoms with van der Waals surface area (Å²) in [6, 6.07) is 0. The summed E-state index contributed by atoms with van der Waals surface area (Å²) < 4.78 is 4.93. The minimum absolute atomic E-state index is 0.00736. The van der Waals surface area contributed by atoms with Gasteiger partial charge in [-0.2, -0.15) is 0 Å². The Morgan fingerprint density at radius 2 is 2.09 bits per heavy atom. The Kier molecular flexibility index (Phi) is 4.93. The molecule has 0 aromatic rings. The second-order valence-electron chi connectivity index (χ2n) is 7.54. The number of carbonyl (C=O) groups is 2. The first-order valence-electron chi connectivity index (χ1n) is 8.35. The zero-order chi connectivity index (χ0) is 16.4. The van der Waals surface area contributed by atoms with Crippen LogP contribution in [0.1, 0.15) is 53.4 Å². The average molecular weight is 304 g/mol. The van der Waals surface area contributed by atoms with Crippen LogP contribution >= 0.6 is 0 Å². The molecule has 0 radical (unpaired) electrons. The van der Waals surface area contributed by atoms with Crippen molar-refractivity contribution in [2.75, 3.05) is 6.61 Å². The van der Waals surface area contributed by atoms with Crippen LogP contribution in [-0.2, 0) is 14.3 Å². The Labute approximate surface area is 133 Å². The number of hydrogen-bond donors (Lipinski definition) is 0. The summed E-state index contributed by atoms with van der Waals surface area (Å²) in [4.78, 5) is 23.3. The van der Waals surface area contributed by atoms with E-state index in [0.717, 1.165) is 24.7 Å². The predicted molar refractivity (Wildman–Crippen MR) is 87.3 cm³/mol. The second kappa shape index (κ2) is 6.39. The Morgan fingerprint density at radius 1 is 1.36 bits per heavy atom. The first-order chi connectivity index (χ1) is 10.3. The lowest BCUT2D eigenvalue weighted by atomic mass is 9.49. The highest BCUT2D eigenvalue weighted by atomic mass is 16.5. The highest BCUT2D eigenvalue weighted by Gasteiger charge is 2.52. The number of rotatable bonds is 4. The molecule has 0 saturated heterocycles. The molecule has 0 amide bonds. The van der Waals surface area contributed by atoms with Gasteiger partial charge < -0.3 is 9.53 Å². The number of ether oxygens (including phenoxy) is 1. The Bertz CT molecular complexity index is 501. The standard InChI is InChI=1S/C19H28O3/c1-5-22-17(21)10-8-14-7-9-16-18(2,3)11-6-12-19(16,4)15(14)13-20/h7-8,10,13,15-16H,5-6,9,11-12H2,1-4H3/b10-8+/t15-,16-,19+/m0/s1. The van der Waals surface area contributed by atoms with Crippen molar-refractivity contribution in [1.29, 1.82) is 0 Å². The van der Waals surface area contributed by atoms with Crippen LogP contribution in [0.15, 0.2) is 23.8 Å². The van der Waals surface area contributed by atoms with Crippen LogP contribution in [-0.4, -0.2) is 18.9 Å². The smallest absolute Gasteiger partial charge is 0.330 e. The molecule has 3 atom stereocenters. The third-order valence-electron chi connectivity index (χ3n) is 5.77. The topological polar surface area (TPSA) is 43.4 Å². The third kappa shape index (κ3) is 3.04. The van der Waals surface area contributed by atoms with Crippen LogP contribution in [0.2, 0.25) is 0 Å². The van der Waals surface area contributed by atoms with E-state index in [1.165, 1.54) is 18.9 Å². The Balaban J connectivity index is 2.29. The number of hydrogen-bond acceptors (Lipinski definition) is 3. The zero-order valence-corrected chi connectivity index (χ0v) is 14.2. The minimum atomic E-state index is -0.343. The lowest BCUT2D eigenvalue weighted by Crippen LogP contribution is -2.49. The van der Waals surface area contributed by atoms with Crippen LogP contribution in [0.4, 0.5) is 0 Å². The van der Waals surface area contributed by atoms with Crippen molar-refractivity contribution >= 4 is 12.3 Å². The Morgan fingerprint density at radius 3 is 2.73 bits per heavy atom. The van der Waals surface area contributed by atoms with Gasteiger partial charge >= 0.3 is 5.97 Å². The van der Waals surface area contributed by atoms with Crippen molar-refractivity contribution in [2.24, 2.45) is 22.7 Å². The van der Waals surface area contributed by atoms with Crippen molar-refractivity contribution in [2.45, 2.75) is 53.4 Å². The number of aldehydes is 1. The van der Waals surface area contributed by atoms with E-state index in [1.54, 1.807) is 13.0 Å². The highest BCUT2D eigenvalue weighted by molar-refractivity contribution is 5.83. The minimum Gasteiger partial charge on any atom is -0.463 e. The number of fused-ring (bicyclic) bond motifs is 1. The van der Waals surface area contributed by atoms with E-state index in [1.807, 2.05) is 0 Å². The van der Waals surface area contributed by atoms with E-state index < -0.39 is 0 Å². The van der Waals surface area contributed by atoms with Crippen molar-refractivity contribution in [3.05, 3.63) is 23.8 Å². The maximum atomic E-state index is 11.8. The van der Waals surface area contributed by atoms with Gasteiger partial charge in [0.15, 0.2) is 0 Å². The largest absolute Gasteiger partial charge is 0.463 e. The first-order valence-corrected chi connectivity index (χ1v) is 8.35. The fourth-order valence-electron chi connectivity index (χ4n) is 4.65. The summed E-state index contributed by atoms with van der Waals surface area (Å²) in [7, 11) is 0. The molecule has 22 heavy (non-hydrogen) atoms. The second-order valence-corrected chi connectivity index (χ2v) is 7.54. The predicted octanol–water partition coefficient (Wildman–Crippen LogP) is 4.08. The molecule has 0 unspecified atom stereocenters. The molecule has 122 valence electrons. The van der Waals surface area contributed by atoms with E-state index in [0.29, 0.717) is 12.5 Å². The molecule has 0 aromatic heterocycles. The van der Waals surface area contributed by atoms with E-state index in [9.17, 15) is 9.59 Å². The van der Waals surface area contributed by atoms with Gasteiger partial charge in [0.2, 0.25) is 0 Å². The van der Waals surface area contributed by atoms with Crippen molar-refractivity contribution in [1.82, 2.24) is 0 Å². The Hall–Kier alpha value is -1.38. The van der Waals surface area contributed by atoms with E-state index >= 15 is 0 Å². The monoisotopic (exact) mass is 304 g/mol. The van der Waals surface area contributed by atoms with Crippen molar-refractivity contribution < 1.29 is 14.3 Å². The van der Waals surface area contributed by atoms with Crippen LogP contribution in [0, 0.1) is 22.7 Å². The average Bonchev–Trinajstić information content (AvgIpc) is 2.43. The van der Waals surface area contributed by atoms with Gasteiger partial charge in [-0.25, -0.2) is 4.79 Å². The quantitative estimate of drug-likeness (QED) is 0.446. The van der Waals surface area contributed by atoms with Gasteiger partial charge in [-0.3, -0.25) is 0 Å². The summed E-state index contributed by atoms with van der Waals surface area (Å²) in [6.45, 7) is 9.06. The number of esters is 1. The zero-order valence-electron chi connectivity index (χ0n) is 14.2. The molecule has 2 aliphatic rings. The van der Waals surface area contributed by atoms with Gasteiger partial charge in [-0.1, -0.05) is 39.3 Å². The SMILES string of the molecule is CCOC(=O)/C=C/C1=CC[C@H]2C(C)(C)CCC[C@]2(C)[C@H]1C=O. The lowest BCUT2D eigenvalue weighted by Gasteiger charge is -2.55. The summed E-state index contributed by atoms with van der Waals surface area (Å²) >= 11 is 0. The van der Waals surface area contributed by atoms with Crippen LogP contribution in [0.3, 0.4) is 0 Å². The maximum absolute atomic E-state index is 11.8. The lowest BCUT2D eigenvalue weighted by molar-refractivity contribution is -0.137. The molecule has 0 bridgehead atoms. The fraction of sp³-hybridized carbons (Fsp3) is 0.684. The van der Waals surface area contributed by atoms with Crippen LogP contribution in [0.25, 0.3) is 0 Å². The highest BCUT2D eigenvalue weighted by Crippen LogP contribution is 2.59. The molecule has 0 aliphatic heterocycles. The molecule has 2 rings (SSSR count). The molecular formula is C19H28O3. The third-order valence-corrected chi connectivity index (χ3v) is 5.77. The number of carbonyl (C=O) groups excluding carboxylic acids is 2. The molecule has 2 aliphatic carbocycles. The van der Waals surface area contributed by atoms with E-state index in [-0.39, 0.29) is 22.7 Å². The van der Waals surface area contributed by atoms with Gasteiger partial charge in [0.05, 0.1) is 6.61 Å². The van der Waals surface area contributed by atoms with Crippen molar-refractivity contribution in [3.8, 4) is 0 Å². The summed E-state index contributed by atoms with van der Waals surface area (Å²) in [5.41, 5.74) is 1.23. The molecule has 3 nitrogen and oxygen atoms in total. The summed E-state index contributed by atoms with van der Waals surface area (Å²) in [6.07, 6.45) is 10.9. The van der Waals surface area contributed by atoms with Gasteiger partial charge in [0.25, 0.3) is 0 Å². The summed E-state index contributed by atoms with van der Waals surface area (Å²) in [5.74, 6) is 0.0458. The molecule has 1 fully saturated rings. The fourth-order valence-corrected chi connectivity index (χ4v) is 4.65. The normalized spacial score (nSPS) is 33.9. The maximum Gasteiger partial charge on any atom is 0.330 e. The van der Waals surface area contributed by atoms with Gasteiger partial charge in [-0.05, 0) is 48.5 Å². The van der Waals surface area contributed by atoms with Crippen LogP contribution in [0.5, 0.6) is 0 Å². The van der Waals surface area contributed by atoms with Crippen molar-refractivity contribution in [3.63, 3.8) is 0 Å². The first kappa shape index (κ1) is 17.0. The molecule has 0 aromatic carbocycles. The molecule has 1 saturated carbocycles. The van der Waals surface area contributed by atoms with Gasteiger partial charge in [-0.15, -0.1) is 0 Å². The van der Waals surface area contributed by atoms with E-state index in [2.05, 4.69) is 26.8 Å². The molecule has 0 N–H and O–H groups in total. The van der Waals surface area contributed by atoms with E-state index in [4.69, 9.17) is 4.74 Å². The number of allylic oxidation sites excluding steroid dienone is 3. The van der Waals surface area contributed by atoms with Gasteiger partial charge in [0.1, 0.15) is 6.29 Å². The molecular weight excluding hydrogens is 276 g/mol.